The molecule has 134 valence electrons. The molecule has 1 heterocycles. The van der Waals surface area contributed by atoms with Crippen molar-refractivity contribution in [2.75, 3.05) is 11.1 Å². The van der Waals surface area contributed by atoms with E-state index in [1.165, 1.54) is 0 Å². The maximum absolute atomic E-state index is 12.6. The molecule has 26 heavy (non-hydrogen) atoms. The molecule has 0 spiro atoms. The lowest BCUT2D eigenvalue weighted by atomic mass is 9.98. The highest BCUT2D eigenvalue weighted by atomic mass is 35.5. The van der Waals surface area contributed by atoms with Gasteiger partial charge in [-0.2, -0.15) is 5.26 Å². The Morgan fingerprint density at radius 1 is 1.35 bits per heavy atom. The van der Waals surface area contributed by atoms with E-state index in [1.807, 2.05) is 19.9 Å². The van der Waals surface area contributed by atoms with Crippen LogP contribution in [0, 0.1) is 36.5 Å². The van der Waals surface area contributed by atoms with Gasteiger partial charge < -0.3 is 16.5 Å². The minimum atomic E-state index is -0.441. The number of aromatic nitrogens is 1. The molecule has 0 unspecified atom stereocenters. The number of amides is 1. The number of halogens is 1. The molecule has 0 aliphatic rings. The summed E-state index contributed by atoms with van der Waals surface area (Å²) < 4.78 is 0. The van der Waals surface area contributed by atoms with Gasteiger partial charge >= 0.3 is 0 Å². The molecular weight excluding hydrogens is 350 g/mol. The SMILES string of the molecule is Cc1c(C(=O)Nc2ccc(N)c(C(=N)C(C)C)c2)nc(Cl)c(C#N)c1C. The van der Waals surface area contributed by atoms with Gasteiger partial charge in [0.15, 0.2) is 0 Å². The molecule has 0 aliphatic heterocycles. The van der Waals surface area contributed by atoms with E-state index in [0.29, 0.717) is 33.8 Å². The Hall–Kier alpha value is -2.91. The van der Waals surface area contributed by atoms with Crippen molar-refractivity contribution in [2.45, 2.75) is 27.7 Å². The lowest BCUT2D eigenvalue weighted by molar-refractivity contribution is 0.102. The molecule has 7 heteroatoms. The summed E-state index contributed by atoms with van der Waals surface area (Å²) in [6.45, 7) is 7.25. The number of anilines is 2. The highest BCUT2D eigenvalue weighted by Gasteiger charge is 2.19. The number of carbonyl (C=O) groups excluding carboxylic acids is 1. The summed E-state index contributed by atoms with van der Waals surface area (Å²) in [5.41, 5.74) is 9.54. The Labute approximate surface area is 157 Å². The normalized spacial score (nSPS) is 10.5. The Balaban J connectivity index is 2.39. The van der Waals surface area contributed by atoms with Gasteiger partial charge in [-0.1, -0.05) is 25.4 Å². The van der Waals surface area contributed by atoms with Gasteiger partial charge in [-0.3, -0.25) is 4.79 Å². The van der Waals surface area contributed by atoms with Crippen molar-refractivity contribution in [3.8, 4) is 6.07 Å². The quantitative estimate of drug-likeness (QED) is 0.427. The molecule has 0 aliphatic carbocycles. The van der Waals surface area contributed by atoms with Crippen LogP contribution < -0.4 is 11.1 Å². The number of rotatable bonds is 4. The van der Waals surface area contributed by atoms with E-state index in [9.17, 15) is 4.79 Å². The molecule has 1 aromatic carbocycles. The largest absolute Gasteiger partial charge is 0.398 e. The second kappa shape index (κ2) is 7.54. The smallest absolute Gasteiger partial charge is 0.274 e. The first-order chi connectivity index (χ1) is 12.2. The Kier molecular flexibility index (Phi) is 5.63. The number of carbonyl (C=O) groups is 1. The summed E-state index contributed by atoms with van der Waals surface area (Å²) in [5, 5.41) is 20.0. The molecule has 1 amide bonds. The fraction of sp³-hybridized carbons (Fsp3) is 0.263. The highest BCUT2D eigenvalue weighted by molar-refractivity contribution is 6.31. The first kappa shape index (κ1) is 19.4. The fourth-order valence-electron chi connectivity index (χ4n) is 2.48. The van der Waals surface area contributed by atoms with Gasteiger partial charge in [0, 0.05) is 22.6 Å². The molecule has 2 rings (SSSR count). The molecule has 6 nitrogen and oxygen atoms in total. The number of nitrogens with two attached hydrogens (primary N) is 1. The summed E-state index contributed by atoms with van der Waals surface area (Å²) in [5.74, 6) is -0.434. The van der Waals surface area contributed by atoms with Crippen molar-refractivity contribution in [3.05, 3.63) is 51.3 Å². The number of hydrogen-bond donors (Lipinski definition) is 3. The number of benzene rings is 1. The Bertz CT molecular complexity index is 944. The molecule has 0 fully saturated rings. The van der Waals surface area contributed by atoms with Gasteiger partial charge in [0.1, 0.15) is 16.9 Å². The van der Waals surface area contributed by atoms with Gasteiger partial charge in [-0.15, -0.1) is 0 Å². The van der Waals surface area contributed by atoms with Crippen LogP contribution >= 0.6 is 11.6 Å². The highest BCUT2D eigenvalue weighted by Crippen LogP contribution is 2.25. The fourth-order valence-corrected chi connectivity index (χ4v) is 2.75. The Morgan fingerprint density at radius 3 is 2.58 bits per heavy atom. The van der Waals surface area contributed by atoms with Crippen LogP contribution in [-0.2, 0) is 0 Å². The standard InChI is InChI=1S/C19H20ClN5O/c1-9(2)16(23)13-7-12(5-6-15(13)22)24-19(26)17-11(4)10(3)14(8-21)18(20)25-17/h5-7,9,23H,22H2,1-4H3,(H,24,26). The number of nitrogens with one attached hydrogen (secondary N) is 2. The Morgan fingerprint density at radius 2 is 2.00 bits per heavy atom. The van der Waals surface area contributed by atoms with Gasteiger partial charge in [-0.25, -0.2) is 4.98 Å². The van der Waals surface area contributed by atoms with Crippen molar-refractivity contribution in [3.63, 3.8) is 0 Å². The van der Waals surface area contributed by atoms with Gasteiger partial charge in [0.2, 0.25) is 0 Å². The van der Waals surface area contributed by atoms with E-state index >= 15 is 0 Å². The van der Waals surface area contributed by atoms with Crippen LogP contribution in [0.1, 0.15) is 46.6 Å². The molecule has 0 bridgehead atoms. The van der Waals surface area contributed by atoms with E-state index < -0.39 is 5.91 Å². The molecular formula is C19H20ClN5O. The van der Waals surface area contributed by atoms with Crippen molar-refractivity contribution in [1.29, 1.82) is 10.7 Å². The predicted molar refractivity (Wildman–Crippen MR) is 104 cm³/mol. The summed E-state index contributed by atoms with van der Waals surface area (Å²) >= 11 is 6.02. The lowest BCUT2D eigenvalue weighted by Crippen LogP contribution is -2.18. The van der Waals surface area contributed by atoms with Gasteiger partial charge in [0.25, 0.3) is 5.91 Å². The third-order valence-electron chi connectivity index (χ3n) is 4.21. The summed E-state index contributed by atoms with van der Waals surface area (Å²) in [7, 11) is 0. The average molecular weight is 370 g/mol. The monoisotopic (exact) mass is 369 g/mol. The maximum atomic E-state index is 12.6. The molecule has 0 radical (unpaired) electrons. The molecule has 0 atom stereocenters. The number of nitrogens with zero attached hydrogens (tertiary/aromatic N) is 2. The predicted octanol–water partition coefficient (Wildman–Crippen LogP) is 4.08. The van der Waals surface area contributed by atoms with Crippen molar-refractivity contribution in [2.24, 2.45) is 5.92 Å². The van der Waals surface area contributed by atoms with Crippen molar-refractivity contribution in [1.82, 2.24) is 4.98 Å². The van der Waals surface area contributed by atoms with Crippen LogP contribution in [0.25, 0.3) is 0 Å². The molecule has 2 aromatic rings. The maximum Gasteiger partial charge on any atom is 0.274 e. The van der Waals surface area contributed by atoms with Gasteiger partial charge in [-0.05, 0) is 49.1 Å². The third kappa shape index (κ3) is 3.68. The number of nitrogen functional groups attached to an aromatic ring is 1. The number of nitriles is 1. The van der Waals surface area contributed by atoms with Crippen LogP contribution in [0.2, 0.25) is 5.15 Å². The van der Waals surface area contributed by atoms with E-state index in [0.717, 1.165) is 0 Å². The topological polar surface area (TPSA) is 116 Å². The van der Waals surface area contributed by atoms with Crippen molar-refractivity contribution < 1.29 is 4.79 Å². The van der Waals surface area contributed by atoms with E-state index in [1.54, 1.807) is 32.0 Å². The zero-order chi connectivity index (χ0) is 19.6. The second-order valence-corrected chi connectivity index (χ2v) is 6.67. The third-order valence-corrected chi connectivity index (χ3v) is 4.49. The van der Waals surface area contributed by atoms with Crippen LogP contribution in [0.4, 0.5) is 11.4 Å². The second-order valence-electron chi connectivity index (χ2n) is 6.31. The minimum absolute atomic E-state index is 0.000306. The summed E-state index contributed by atoms with van der Waals surface area (Å²) in [6, 6.07) is 6.98. The first-order valence-corrected chi connectivity index (χ1v) is 8.41. The van der Waals surface area contributed by atoms with Gasteiger partial charge in [0.05, 0.1) is 5.56 Å². The van der Waals surface area contributed by atoms with Crippen molar-refractivity contribution >= 4 is 34.6 Å². The summed E-state index contributed by atoms with van der Waals surface area (Å²) in [6.07, 6.45) is 0. The molecule has 4 N–H and O–H groups in total. The van der Waals surface area contributed by atoms with E-state index in [2.05, 4.69) is 10.3 Å². The van der Waals surface area contributed by atoms with Crippen LogP contribution in [0.15, 0.2) is 18.2 Å². The van der Waals surface area contributed by atoms with Crippen LogP contribution in [0.3, 0.4) is 0 Å². The number of hydrogen-bond acceptors (Lipinski definition) is 5. The van der Waals surface area contributed by atoms with E-state index in [4.69, 9.17) is 28.0 Å². The van der Waals surface area contributed by atoms with Crippen LogP contribution in [0.5, 0.6) is 0 Å². The zero-order valence-electron chi connectivity index (χ0n) is 15.1. The zero-order valence-corrected chi connectivity index (χ0v) is 15.8. The average Bonchev–Trinajstić information content (AvgIpc) is 2.59. The van der Waals surface area contributed by atoms with Crippen LogP contribution in [-0.4, -0.2) is 16.6 Å². The molecule has 0 saturated carbocycles. The minimum Gasteiger partial charge on any atom is -0.398 e. The summed E-state index contributed by atoms with van der Waals surface area (Å²) in [4.78, 5) is 16.7. The lowest BCUT2D eigenvalue weighted by Gasteiger charge is -2.14. The number of pyridine rings is 1. The molecule has 0 saturated heterocycles. The first-order valence-electron chi connectivity index (χ1n) is 8.03. The molecule has 1 aromatic heterocycles. The van der Waals surface area contributed by atoms with E-state index in [-0.39, 0.29) is 22.3 Å².